The number of carbonyl (C=O) groups is 3. The summed E-state index contributed by atoms with van der Waals surface area (Å²) in [6.45, 7) is -0.153. The first-order valence-corrected chi connectivity index (χ1v) is 8.61. The van der Waals surface area contributed by atoms with Crippen molar-refractivity contribution < 1.29 is 23.2 Å². The Morgan fingerprint density at radius 3 is 2.58 bits per heavy atom. The zero-order valence-corrected chi connectivity index (χ0v) is 14.2. The normalized spacial score (nSPS) is 23.7. The first kappa shape index (κ1) is 18.4. The molecule has 2 amide bonds. The average Bonchev–Trinajstić information content (AvgIpc) is 2.97. The van der Waals surface area contributed by atoms with Crippen LogP contribution in [-0.2, 0) is 20.8 Å². The van der Waals surface area contributed by atoms with Crippen LogP contribution in [-0.4, -0.2) is 41.1 Å². The molecule has 0 saturated carbocycles. The third-order valence-corrected chi connectivity index (χ3v) is 5.30. The van der Waals surface area contributed by atoms with E-state index in [1.54, 1.807) is 0 Å². The molecule has 1 saturated heterocycles. The third kappa shape index (κ3) is 3.46. The van der Waals surface area contributed by atoms with E-state index in [0.29, 0.717) is 24.0 Å². The summed E-state index contributed by atoms with van der Waals surface area (Å²) in [5.74, 6) is -3.33. The molecule has 0 bridgehead atoms. The SMILES string of the molecule is NC(=O)C1CCC(=O)CN1C(=O)CC(N)C1CCc2cc(F)c(F)cc21. The lowest BCUT2D eigenvalue weighted by atomic mass is 9.90. The quantitative estimate of drug-likeness (QED) is 0.821. The van der Waals surface area contributed by atoms with Crippen molar-refractivity contribution in [1.29, 1.82) is 0 Å². The molecule has 1 heterocycles. The lowest BCUT2D eigenvalue weighted by molar-refractivity contribution is -0.145. The summed E-state index contributed by atoms with van der Waals surface area (Å²) in [6, 6.07) is 0.878. The Hall–Kier alpha value is -2.35. The number of fused-ring (bicyclic) bond motifs is 1. The van der Waals surface area contributed by atoms with Crippen LogP contribution in [0.5, 0.6) is 0 Å². The molecule has 1 fully saturated rings. The van der Waals surface area contributed by atoms with Gasteiger partial charge in [-0.3, -0.25) is 14.4 Å². The summed E-state index contributed by atoms with van der Waals surface area (Å²) in [5.41, 5.74) is 12.8. The van der Waals surface area contributed by atoms with Gasteiger partial charge in [0.25, 0.3) is 0 Å². The molecular formula is C18H21F2N3O3. The molecule has 4 N–H and O–H groups in total. The van der Waals surface area contributed by atoms with Crippen LogP contribution in [0, 0.1) is 11.6 Å². The summed E-state index contributed by atoms with van der Waals surface area (Å²) in [6.07, 6.45) is 1.48. The van der Waals surface area contributed by atoms with E-state index in [0.717, 1.165) is 6.07 Å². The predicted octanol–water partition coefficient (Wildman–Crippen LogP) is 0.757. The number of ketones is 1. The van der Waals surface area contributed by atoms with Gasteiger partial charge in [0, 0.05) is 24.8 Å². The fourth-order valence-electron chi connectivity index (χ4n) is 3.93. The van der Waals surface area contributed by atoms with Crippen molar-refractivity contribution >= 4 is 17.6 Å². The zero-order valence-electron chi connectivity index (χ0n) is 14.2. The number of primary amides is 1. The van der Waals surface area contributed by atoms with Crippen LogP contribution in [0.15, 0.2) is 12.1 Å². The van der Waals surface area contributed by atoms with Crippen molar-refractivity contribution in [1.82, 2.24) is 4.90 Å². The monoisotopic (exact) mass is 365 g/mol. The summed E-state index contributed by atoms with van der Waals surface area (Å²) in [4.78, 5) is 37.0. The Labute approximate surface area is 149 Å². The van der Waals surface area contributed by atoms with E-state index in [1.165, 1.54) is 11.0 Å². The Morgan fingerprint density at radius 2 is 1.88 bits per heavy atom. The standard InChI is InChI=1S/C18H21F2N3O3/c19-13-5-9-1-3-11(12(9)6-14(13)20)15(21)7-17(25)23-8-10(24)2-4-16(23)18(22)26/h5-6,11,15-16H,1-4,7-8,21H2,(H2,22,26). The number of nitrogens with two attached hydrogens (primary N) is 2. The van der Waals surface area contributed by atoms with Gasteiger partial charge < -0.3 is 16.4 Å². The van der Waals surface area contributed by atoms with Crippen LogP contribution in [0.25, 0.3) is 0 Å². The maximum atomic E-state index is 13.6. The number of aryl methyl sites for hydroxylation is 1. The molecule has 1 aromatic rings. The van der Waals surface area contributed by atoms with E-state index in [9.17, 15) is 23.2 Å². The van der Waals surface area contributed by atoms with Gasteiger partial charge in [-0.1, -0.05) is 0 Å². The smallest absolute Gasteiger partial charge is 0.240 e. The Kier molecular flexibility index (Phi) is 5.04. The van der Waals surface area contributed by atoms with Crippen LogP contribution in [0.2, 0.25) is 0 Å². The molecule has 0 spiro atoms. The van der Waals surface area contributed by atoms with Crippen LogP contribution in [0.3, 0.4) is 0 Å². The molecule has 140 valence electrons. The summed E-state index contributed by atoms with van der Waals surface area (Å²) in [5, 5.41) is 0. The van der Waals surface area contributed by atoms with Gasteiger partial charge in [0.05, 0.1) is 6.54 Å². The molecule has 26 heavy (non-hydrogen) atoms. The topological polar surface area (TPSA) is 106 Å². The first-order chi connectivity index (χ1) is 12.3. The molecule has 1 aliphatic carbocycles. The maximum absolute atomic E-state index is 13.6. The van der Waals surface area contributed by atoms with E-state index in [1.807, 2.05) is 0 Å². The van der Waals surface area contributed by atoms with Crippen molar-refractivity contribution in [3.05, 3.63) is 34.9 Å². The number of amides is 2. The fourth-order valence-corrected chi connectivity index (χ4v) is 3.93. The molecule has 1 aliphatic heterocycles. The highest BCUT2D eigenvalue weighted by Gasteiger charge is 2.36. The average molecular weight is 365 g/mol. The van der Waals surface area contributed by atoms with Gasteiger partial charge in [0.15, 0.2) is 17.4 Å². The van der Waals surface area contributed by atoms with Gasteiger partial charge in [-0.15, -0.1) is 0 Å². The number of piperidine rings is 1. The second-order valence-electron chi connectivity index (χ2n) is 7.00. The molecule has 6 nitrogen and oxygen atoms in total. The van der Waals surface area contributed by atoms with Crippen molar-refractivity contribution in [3.8, 4) is 0 Å². The van der Waals surface area contributed by atoms with Crippen molar-refractivity contribution in [2.45, 2.75) is 50.1 Å². The molecule has 8 heteroatoms. The van der Waals surface area contributed by atoms with Crippen LogP contribution >= 0.6 is 0 Å². The van der Waals surface area contributed by atoms with Gasteiger partial charge in [-0.2, -0.15) is 0 Å². The lowest BCUT2D eigenvalue weighted by Gasteiger charge is -2.34. The second-order valence-corrected chi connectivity index (χ2v) is 7.00. The number of benzene rings is 1. The molecule has 0 aromatic heterocycles. The number of nitrogens with zero attached hydrogens (tertiary/aromatic N) is 1. The van der Waals surface area contributed by atoms with E-state index >= 15 is 0 Å². The minimum Gasteiger partial charge on any atom is -0.368 e. The van der Waals surface area contributed by atoms with Crippen molar-refractivity contribution in [3.63, 3.8) is 0 Å². The Bertz CT molecular complexity index is 768. The number of rotatable bonds is 4. The molecule has 3 atom stereocenters. The third-order valence-electron chi connectivity index (χ3n) is 5.30. The summed E-state index contributed by atoms with van der Waals surface area (Å²) in [7, 11) is 0. The van der Waals surface area contributed by atoms with E-state index in [2.05, 4.69) is 0 Å². The van der Waals surface area contributed by atoms with Gasteiger partial charge in [0.1, 0.15) is 6.04 Å². The molecule has 3 unspecified atom stereocenters. The van der Waals surface area contributed by atoms with E-state index in [-0.39, 0.29) is 37.5 Å². The molecule has 2 aliphatic rings. The maximum Gasteiger partial charge on any atom is 0.240 e. The van der Waals surface area contributed by atoms with Crippen molar-refractivity contribution in [2.24, 2.45) is 11.5 Å². The number of hydrogen-bond acceptors (Lipinski definition) is 4. The van der Waals surface area contributed by atoms with Crippen molar-refractivity contribution in [2.75, 3.05) is 6.54 Å². The minimum absolute atomic E-state index is 0.0971. The summed E-state index contributed by atoms with van der Waals surface area (Å²) >= 11 is 0. The zero-order chi connectivity index (χ0) is 19.0. The highest BCUT2D eigenvalue weighted by molar-refractivity contribution is 5.93. The molecule has 0 radical (unpaired) electrons. The largest absolute Gasteiger partial charge is 0.368 e. The Morgan fingerprint density at radius 1 is 1.19 bits per heavy atom. The van der Waals surface area contributed by atoms with Crippen LogP contribution in [0.4, 0.5) is 8.78 Å². The minimum atomic E-state index is -0.940. The van der Waals surface area contributed by atoms with E-state index in [4.69, 9.17) is 11.5 Å². The molecule has 3 rings (SSSR count). The Balaban J connectivity index is 1.73. The van der Waals surface area contributed by atoms with Crippen LogP contribution < -0.4 is 11.5 Å². The summed E-state index contributed by atoms with van der Waals surface area (Å²) < 4.78 is 26.9. The number of hydrogen-bond donors (Lipinski definition) is 2. The van der Waals surface area contributed by atoms with Crippen LogP contribution in [0.1, 0.15) is 42.7 Å². The lowest BCUT2D eigenvalue weighted by Crippen LogP contribution is -2.54. The number of Topliss-reactive ketones (excluding diaryl/α,β-unsaturated/α-hetero) is 1. The van der Waals surface area contributed by atoms with E-state index < -0.39 is 35.5 Å². The fraction of sp³-hybridized carbons (Fsp3) is 0.500. The second kappa shape index (κ2) is 7.11. The van der Waals surface area contributed by atoms with Gasteiger partial charge in [-0.25, -0.2) is 8.78 Å². The number of carbonyl (C=O) groups excluding carboxylic acids is 3. The number of halogens is 2. The highest BCUT2D eigenvalue weighted by atomic mass is 19.2. The highest BCUT2D eigenvalue weighted by Crippen LogP contribution is 2.37. The molecule has 1 aromatic carbocycles. The number of likely N-dealkylation sites (tertiary alicyclic amines) is 1. The van der Waals surface area contributed by atoms with Gasteiger partial charge >= 0.3 is 0 Å². The van der Waals surface area contributed by atoms with Gasteiger partial charge in [0.2, 0.25) is 11.8 Å². The molecular weight excluding hydrogens is 344 g/mol. The van der Waals surface area contributed by atoms with Gasteiger partial charge in [-0.05, 0) is 42.5 Å². The predicted molar refractivity (Wildman–Crippen MR) is 88.9 cm³/mol. The first-order valence-electron chi connectivity index (χ1n) is 8.61.